The van der Waals surface area contributed by atoms with Crippen LogP contribution in [0, 0.1) is 0 Å². The highest BCUT2D eigenvalue weighted by Gasteiger charge is 2.34. The molecule has 1 fully saturated rings. The van der Waals surface area contributed by atoms with Crippen LogP contribution >= 0.6 is 0 Å². The summed E-state index contributed by atoms with van der Waals surface area (Å²) < 4.78 is 5.27. The third kappa shape index (κ3) is 1.88. The molecular formula is C12H15NO3. The predicted molar refractivity (Wildman–Crippen MR) is 59.8 cm³/mol. The molecule has 1 aliphatic rings. The summed E-state index contributed by atoms with van der Waals surface area (Å²) in [5.74, 6) is -0.0375. The van der Waals surface area contributed by atoms with Crippen LogP contribution in [0.2, 0.25) is 0 Å². The Morgan fingerprint density at radius 1 is 1.50 bits per heavy atom. The van der Waals surface area contributed by atoms with Gasteiger partial charge in [-0.15, -0.1) is 0 Å². The molecule has 1 aromatic carbocycles. The molecule has 0 bridgehead atoms. The van der Waals surface area contributed by atoms with Crippen molar-refractivity contribution in [3.05, 3.63) is 29.8 Å². The van der Waals surface area contributed by atoms with Crippen LogP contribution in [0.15, 0.2) is 24.3 Å². The van der Waals surface area contributed by atoms with E-state index < -0.39 is 12.0 Å². The largest absolute Gasteiger partial charge is 0.496 e. The molecule has 4 heteroatoms. The van der Waals surface area contributed by atoms with Gasteiger partial charge in [0.05, 0.1) is 7.11 Å². The lowest BCUT2D eigenvalue weighted by Crippen LogP contribution is -2.34. The van der Waals surface area contributed by atoms with Gasteiger partial charge in [-0.1, -0.05) is 18.2 Å². The molecule has 86 valence electrons. The topological polar surface area (TPSA) is 58.6 Å². The fraction of sp³-hybridized carbons (Fsp3) is 0.417. The SMILES string of the molecule is COc1ccccc1C1CCN[C@@H]1C(=O)O. The van der Waals surface area contributed by atoms with E-state index in [-0.39, 0.29) is 5.92 Å². The molecule has 0 saturated carbocycles. The molecule has 1 unspecified atom stereocenters. The van der Waals surface area contributed by atoms with E-state index >= 15 is 0 Å². The van der Waals surface area contributed by atoms with Gasteiger partial charge in [-0.2, -0.15) is 0 Å². The van der Waals surface area contributed by atoms with Crippen molar-refractivity contribution in [1.29, 1.82) is 0 Å². The van der Waals surface area contributed by atoms with Crippen LogP contribution in [0.5, 0.6) is 5.75 Å². The van der Waals surface area contributed by atoms with Crippen LogP contribution in [0.4, 0.5) is 0 Å². The minimum absolute atomic E-state index is 0.00588. The van der Waals surface area contributed by atoms with Gasteiger partial charge in [0.15, 0.2) is 0 Å². The molecule has 1 saturated heterocycles. The highest BCUT2D eigenvalue weighted by Crippen LogP contribution is 2.33. The molecule has 1 aromatic rings. The first kappa shape index (κ1) is 11.0. The number of rotatable bonds is 3. The summed E-state index contributed by atoms with van der Waals surface area (Å²) in [6.45, 7) is 0.736. The summed E-state index contributed by atoms with van der Waals surface area (Å²) in [6, 6.07) is 7.10. The summed E-state index contributed by atoms with van der Waals surface area (Å²) >= 11 is 0. The van der Waals surface area contributed by atoms with Crippen LogP contribution < -0.4 is 10.1 Å². The molecule has 16 heavy (non-hydrogen) atoms. The maximum atomic E-state index is 11.1. The average molecular weight is 221 g/mol. The molecule has 2 atom stereocenters. The summed E-state index contributed by atoms with van der Waals surface area (Å²) in [5, 5.41) is 12.1. The average Bonchev–Trinajstić information content (AvgIpc) is 2.77. The van der Waals surface area contributed by atoms with E-state index in [1.54, 1.807) is 7.11 Å². The molecule has 1 heterocycles. The van der Waals surface area contributed by atoms with E-state index in [4.69, 9.17) is 9.84 Å². The number of carboxylic acid groups (broad SMARTS) is 1. The highest BCUT2D eigenvalue weighted by molar-refractivity contribution is 5.75. The second-order valence-electron chi connectivity index (χ2n) is 3.91. The number of benzene rings is 1. The minimum Gasteiger partial charge on any atom is -0.496 e. The molecular weight excluding hydrogens is 206 g/mol. The number of hydrogen-bond acceptors (Lipinski definition) is 3. The number of methoxy groups -OCH3 is 1. The van der Waals surface area contributed by atoms with Gasteiger partial charge in [0, 0.05) is 5.92 Å². The Balaban J connectivity index is 2.32. The van der Waals surface area contributed by atoms with E-state index in [1.807, 2.05) is 24.3 Å². The highest BCUT2D eigenvalue weighted by atomic mass is 16.5. The first-order chi connectivity index (χ1) is 7.74. The van der Waals surface area contributed by atoms with Crippen LogP contribution in [0.3, 0.4) is 0 Å². The minimum atomic E-state index is -0.798. The fourth-order valence-electron chi connectivity index (χ4n) is 2.27. The van der Waals surface area contributed by atoms with Crippen LogP contribution in [-0.4, -0.2) is 30.8 Å². The fourth-order valence-corrected chi connectivity index (χ4v) is 2.27. The Hall–Kier alpha value is -1.55. The van der Waals surface area contributed by atoms with Crippen molar-refractivity contribution >= 4 is 5.97 Å². The monoisotopic (exact) mass is 221 g/mol. The molecule has 0 amide bonds. The smallest absolute Gasteiger partial charge is 0.321 e. The van der Waals surface area contributed by atoms with Crippen LogP contribution in [0.1, 0.15) is 17.9 Å². The van der Waals surface area contributed by atoms with Gasteiger partial charge in [-0.05, 0) is 24.6 Å². The van der Waals surface area contributed by atoms with E-state index in [1.165, 1.54) is 0 Å². The molecule has 2 rings (SSSR count). The van der Waals surface area contributed by atoms with E-state index in [0.717, 1.165) is 24.3 Å². The lowest BCUT2D eigenvalue weighted by atomic mass is 9.91. The third-order valence-corrected chi connectivity index (χ3v) is 3.03. The third-order valence-electron chi connectivity index (χ3n) is 3.03. The van der Waals surface area contributed by atoms with Crippen molar-refractivity contribution in [3.63, 3.8) is 0 Å². The molecule has 2 N–H and O–H groups in total. The lowest BCUT2D eigenvalue weighted by Gasteiger charge is -2.18. The standard InChI is InChI=1S/C12H15NO3/c1-16-10-5-3-2-4-8(10)9-6-7-13-11(9)12(14)15/h2-5,9,11,13H,6-7H2,1H3,(H,14,15)/t9?,11-/m0/s1. The van der Waals surface area contributed by atoms with Crippen molar-refractivity contribution in [3.8, 4) is 5.75 Å². The van der Waals surface area contributed by atoms with Gasteiger partial charge in [-0.3, -0.25) is 4.79 Å². The van der Waals surface area contributed by atoms with E-state index in [2.05, 4.69) is 5.32 Å². The summed E-state index contributed by atoms with van der Waals surface area (Å²) in [6.07, 6.45) is 0.831. The van der Waals surface area contributed by atoms with Crippen molar-refractivity contribution in [1.82, 2.24) is 5.32 Å². The number of aliphatic carboxylic acids is 1. The summed E-state index contributed by atoms with van der Waals surface area (Å²) in [4.78, 5) is 11.1. The second kappa shape index (κ2) is 4.53. The van der Waals surface area contributed by atoms with Crippen molar-refractivity contribution in [2.45, 2.75) is 18.4 Å². The number of nitrogens with one attached hydrogen (secondary N) is 1. The number of hydrogen-bond donors (Lipinski definition) is 2. The van der Waals surface area contributed by atoms with Gasteiger partial charge in [-0.25, -0.2) is 0 Å². The Kier molecular flexibility index (Phi) is 3.10. The Morgan fingerprint density at radius 3 is 2.94 bits per heavy atom. The molecule has 0 aromatic heterocycles. The maximum absolute atomic E-state index is 11.1. The summed E-state index contributed by atoms with van der Waals surface area (Å²) in [5.41, 5.74) is 0.974. The Bertz CT molecular complexity index is 392. The Morgan fingerprint density at radius 2 is 2.25 bits per heavy atom. The van der Waals surface area contributed by atoms with Crippen LogP contribution in [0.25, 0.3) is 0 Å². The first-order valence-corrected chi connectivity index (χ1v) is 5.33. The van der Waals surface area contributed by atoms with Gasteiger partial charge < -0.3 is 15.2 Å². The van der Waals surface area contributed by atoms with Crippen molar-refractivity contribution < 1.29 is 14.6 Å². The maximum Gasteiger partial charge on any atom is 0.321 e. The normalized spacial score (nSPS) is 24.3. The molecule has 0 radical (unpaired) electrons. The van der Waals surface area contributed by atoms with Crippen LogP contribution in [-0.2, 0) is 4.79 Å². The van der Waals surface area contributed by atoms with Crippen molar-refractivity contribution in [2.24, 2.45) is 0 Å². The lowest BCUT2D eigenvalue weighted by molar-refractivity contribution is -0.139. The van der Waals surface area contributed by atoms with E-state index in [9.17, 15) is 4.79 Å². The van der Waals surface area contributed by atoms with Crippen molar-refractivity contribution in [2.75, 3.05) is 13.7 Å². The van der Waals surface area contributed by atoms with Gasteiger partial charge in [0.2, 0.25) is 0 Å². The molecule has 0 spiro atoms. The predicted octanol–water partition coefficient (Wildman–Crippen LogP) is 1.23. The molecule has 0 aliphatic carbocycles. The Labute approximate surface area is 94.2 Å². The van der Waals surface area contributed by atoms with E-state index in [0.29, 0.717) is 0 Å². The van der Waals surface area contributed by atoms with Gasteiger partial charge in [0.1, 0.15) is 11.8 Å². The number of carboxylic acids is 1. The number of para-hydroxylation sites is 1. The molecule has 4 nitrogen and oxygen atoms in total. The summed E-state index contributed by atoms with van der Waals surface area (Å²) in [7, 11) is 1.61. The van der Waals surface area contributed by atoms with Gasteiger partial charge in [0.25, 0.3) is 0 Å². The number of ether oxygens (including phenoxy) is 1. The second-order valence-corrected chi connectivity index (χ2v) is 3.91. The molecule has 1 aliphatic heterocycles. The zero-order valence-electron chi connectivity index (χ0n) is 9.14. The zero-order valence-corrected chi connectivity index (χ0v) is 9.14. The first-order valence-electron chi connectivity index (χ1n) is 5.33. The van der Waals surface area contributed by atoms with Gasteiger partial charge >= 0.3 is 5.97 Å². The zero-order chi connectivity index (χ0) is 11.5. The quantitative estimate of drug-likeness (QED) is 0.806. The number of carbonyl (C=O) groups is 1.